The van der Waals surface area contributed by atoms with Crippen molar-refractivity contribution in [1.29, 1.82) is 0 Å². The normalized spacial score (nSPS) is 10.5. The van der Waals surface area contributed by atoms with Gasteiger partial charge in [-0.2, -0.15) is 0 Å². The Morgan fingerprint density at radius 3 is 2.89 bits per heavy atom. The molecule has 2 aromatic rings. The van der Waals surface area contributed by atoms with Crippen molar-refractivity contribution >= 4 is 22.8 Å². The molecule has 0 aliphatic carbocycles. The summed E-state index contributed by atoms with van der Waals surface area (Å²) in [4.78, 5) is 30.8. The van der Waals surface area contributed by atoms with Gasteiger partial charge in [0.25, 0.3) is 5.56 Å². The number of aromatic nitrogens is 2. The van der Waals surface area contributed by atoms with E-state index in [1.165, 1.54) is 0 Å². The van der Waals surface area contributed by atoms with Crippen LogP contribution >= 0.6 is 0 Å². The Morgan fingerprint density at radius 2 is 2.17 bits per heavy atom. The van der Waals surface area contributed by atoms with Gasteiger partial charge >= 0.3 is 5.97 Å². The number of anilines is 1. The molecule has 0 saturated heterocycles. The molecule has 6 nitrogen and oxygen atoms in total. The molecule has 1 aromatic heterocycles. The molecule has 0 fully saturated rings. The Balaban J connectivity index is 2.34. The summed E-state index contributed by atoms with van der Waals surface area (Å²) in [5, 5.41) is 9.14. The number of hydrogen-bond acceptors (Lipinski definition) is 4. The lowest BCUT2D eigenvalue weighted by Crippen LogP contribution is -2.25. The monoisotopic (exact) mass is 247 g/mol. The Morgan fingerprint density at radius 1 is 1.44 bits per heavy atom. The van der Waals surface area contributed by atoms with E-state index >= 15 is 0 Å². The highest BCUT2D eigenvalue weighted by Crippen LogP contribution is 2.10. The van der Waals surface area contributed by atoms with Crippen LogP contribution in [-0.2, 0) is 4.79 Å². The maximum atomic E-state index is 11.8. The predicted octanol–water partition coefficient (Wildman–Crippen LogP) is 0.834. The zero-order chi connectivity index (χ0) is 13.1. The molecular formula is C12H13N3O3. The molecule has 1 heterocycles. The van der Waals surface area contributed by atoms with Gasteiger partial charge in [-0.05, 0) is 12.1 Å². The summed E-state index contributed by atoms with van der Waals surface area (Å²) in [5.41, 5.74) is 0.371. The number of fused-ring (bicyclic) bond motifs is 1. The third kappa shape index (κ3) is 2.48. The van der Waals surface area contributed by atoms with E-state index in [9.17, 15) is 9.59 Å². The van der Waals surface area contributed by atoms with Crippen LogP contribution in [0.4, 0.5) is 5.95 Å². The van der Waals surface area contributed by atoms with Gasteiger partial charge in [-0.1, -0.05) is 12.1 Å². The van der Waals surface area contributed by atoms with Crippen molar-refractivity contribution in [2.45, 2.75) is 6.42 Å². The Hall–Kier alpha value is -2.37. The van der Waals surface area contributed by atoms with Crippen molar-refractivity contribution in [1.82, 2.24) is 9.97 Å². The highest BCUT2D eigenvalue weighted by atomic mass is 16.4. The quantitative estimate of drug-likeness (QED) is 0.835. The van der Waals surface area contributed by atoms with Crippen LogP contribution in [0.5, 0.6) is 0 Å². The zero-order valence-electron chi connectivity index (χ0n) is 9.88. The fourth-order valence-corrected chi connectivity index (χ4v) is 1.62. The number of carboxylic acid groups (broad SMARTS) is 1. The molecular weight excluding hydrogens is 234 g/mol. The molecule has 0 unspecified atom stereocenters. The third-order valence-corrected chi connectivity index (χ3v) is 2.62. The minimum absolute atomic E-state index is 0.00691. The molecule has 0 radical (unpaired) electrons. The number of aromatic amines is 1. The van der Waals surface area contributed by atoms with E-state index < -0.39 is 5.97 Å². The van der Waals surface area contributed by atoms with Gasteiger partial charge in [0.15, 0.2) is 0 Å². The Bertz CT molecular complexity index is 636. The second-order valence-corrected chi connectivity index (χ2v) is 3.97. The summed E-state index contributed by atoms with van der Waals surface area (Å²) in [6.45, 7) is 0.288. The summed E-state index contributed by atoms with van der Waals surface area (Å²) in [5.74, 6) is -0.509. The molecule has 18 heavy (non-hydrogen) atoms. The van der Waals surface area contributed by atoms with Crippen LogP contribution in [-0.4, -0.2) is 34.6 Å². The minimum Gasteiger partial charge on any atom is -0.481 e. The summed E-state index contributed by atoms with van der Waals surface area (Å²) < 4.78 is 0. The van der Waals surface area contributed by atoms with E-state index in [0.29, 0.717) is 16.9 Å². The molecule has 0 aliphatic rings. The highest BCUT2D eigenvalue weighted by Gasteiger charge is 2.08. The number of H-pyrrole nitrogens is 1. The number of rotatable bonds is 4. The van der Waals surface area contributed by atoms with Crippen LogP contribution in [0.15, 0.2) is 29.1 Å². The largest absolute Gasteiger partial charge is 0.481 e. The SMILES string of the molecule is CN(CCC(=O)O)c1nc2ccccc2c(=O)[nH]1. The lowest BCUT2D eigenvalue weighted by Gasteiger charge is -2.16. The first-order chi connectivity index (χ1) is 8.58. The fourth-order valence-electron chi connectivity index (χ4n) is 1.62. The molecule has 0 amide bonds. The first-order valence-electron chi connectivity index (χ1n) is 5.50. The van der Waals surface area contributed by atoms with Crippen LogP contribution < -0.4 is 10.5 Å². The van der Waals surface area contributed by atoms with Crippen LogP contribution in [0.25, 0.3) is 10.9 Å². The molecule has 0 saturated carbocycles. The lowest BCUT2D eigenvalue weighted by atomic mass is 10.2. The third-order valence-electron chi connectivity index (χ3n) is 2.62. The fraction of sp³-hybridized carbons (Fsp3) is 0.250. The van der Waals surface area contributed by atoms with E-state index in [4.69, 9.17) is 5.11 Å². The first kappa shape index (κ1) is 12.1. The van der Waals surface area contributed by atoms with E-state index in [2.05, 4.69) is 9.97 Å². The highest BCUT2D eigenvalue weighted by molar-refractivity contribution is 5.78. The van der Waals surface area contributed by atoms with Gasteiger partial charge in [-0.15, -0.1) is 0 Å². The molecule has 6 heteroatoms. The number of carbonyl (C=O) groups is 1. The molecule has 0 atom stereocenters. The smallest absolute Gasteiger partial charge is 0.305 e. The van der Waals surface area contributed by atoms with Gasteiger partial charge in [0.05, 0.1) is 17.3 Å². The topological polar surface area (TPSA) is 86.3 Å². The van der Waals surface area contributed by atoms with Crippen molar-refractivity contribution < 1.29 is 9.90 Å². The van der Waals surface area contributed by atoms with Crippen LogP contribution in [0, 0.1) is 0 Å². The zero-order valence-corrected chi connectivity index (χ0v) is 9.88. The predicted molar refractivity (Wildman–Crippen MR) is 67.9 cm³/mol. The average molecular weight is 247 g/mol. The number of benzene rings is 1. The van der Waals surface area contributed by atoms with Gasteiger partial charge in [0.2, 0.25) is 5.95 Å². The van der Waals surface area contributed by atoms with Gasteiger partial charge in [-0.25, -0.2) is 4.98 Å². The van der Waals surface area contributed by atoms with Crippen molar-refractivity contribution in [2.75, 3.05) is 18.5 Å². The first-order valence-corrected chi connectivity index (χ1v) is 5.50. The van der Waals surface area contributed by atoms with E-state index in [1.807, 2.05) is 0 Å². The van der Waals surface area contributed by atoms with Crippen molar-refractivity contribution in [2.24, 2.45) is 0 Å². The van der Waals surface area contributed by atoms with Crippen molar-refractivity contribution in [3.63, 3.8) is 0 Å². The average Bonchev–Trinajstić information content (AvgIpc) is 2.36. The lowest BCUT2D eigenvalue weighted by molar-refractivity contribution is -0.136. The number of para-hydroxylation sites is 1. The maximum absolute atomic E-state index is 11.8. The molecule has 0 spiro atoms. The van der Waals surface area contributed by atoms with Crippen LogP contribution in [0.2, 0.25) is 0 Å². The van der Waals surface area contributed by atoms with Gasteiger partial charge in [0, 0.05) is 13.6 Å². The Labute approximate surface area is 103 Å². The number of nitrogens with one attached hydrogen (secondary N) is 1. The standard InChI is InChI=1S/C12H13N3O3/c1-15(7-6-10(16)17)12-13-9-5-3-2-4-8(9)11(18)14-12/h2-5H,6-7H2,1H3,(H,16,17)(H,13,14,18). The second kappa shape index (κ2) is 4.87. The molecule has 0 aliphatic heterocycles. The molecule has 0 bridgehead atoms. The van der Waals surface area contributed by atoms with Crippen molar-refractivity contribution in [3.05, 3.63) is 34.6 Å². The summed E-state index contributed by atoms with van der Waals surface area (Å²) in [7, 11) is 1.69. The Kier molecular flexibility index (Phi) is 3.27. The number of nitrogens with zero attached hydrogens (tertiary/aromatic N) is 2. The molecule has 94 valence electrons. The number of carboxylic acids is 1. The van der Waals surface area contributed by atoms with Gasteiger partial charge < -0.3 is 10.0 Å². The van der Waals surface area contributed by atoms with E-state index in [-0.39, 0.29) is 18.5 Å². The summed E-state index contributed by atoms with van der Waals surface area (Å²) in [6.07, 6.45) is -0.00691. The van der Waals surface area contributed by atoms with E-state index in [0.717, 1.165) is 0 Å². The minimum atomic E-state index is -0.884. The van der Waals surface area contributed by atoms with Crippen molar-refractivity contribution in [3.8, 4) is 0 Å². The van der Waals surface area contributed by atoms with Crippen LogP contribution in [0.1, 0.15) is 6.42 Å². The summed E-state index contributed by atoms with van der Waals surface area (Å²) in [6, 6.07) is 7.02. The van der Waals surface area contributed by atoms with Crippen LogP contribution in [0.3, 0.4) is 0 Å². The summed E-state index contributed by atoms with van der Waals surface area (Å²) >= 11 is 0. The maximum Gasteiger partial charge on any atom is 0.305 e. The van der Waals surface area contributed by atoms with Gasteiger partial charge in [0.1, 0.15) is 0 Å². The molecule has 2 rings (SSSR count). The second-order valence-electron chi connectivity index (χ2n) is 3.97. The van der Waals surface area contributed by atoms with Gasteiger partial charge in [-0.3, -0.25) is 14.6 Å². The molecule has 1 aromatic carbocycles. The van der Waals surface area contributed by atoms with E-state index in [1.54, 1.807) is 36.2 Å². The number of hydrogen-bond donors (Lipinski definition) is 2. The molecule has 2 N–H and O–H groups in total. The number of aliphatic carboxylic acids is 1.